The number of urea groups is 1. The third-order valence-electron chi connectivity index (χ3n) is 9.25. The molecule has 5 rings (SSSR count). The van der Waals surface area contributed by atoms with Crippen LogP contribution in [0.2, 0.25) is 0 Å². The Labute approximate surface area is 201 Å². The molecule has 3 aliphatic heterocycles. The number of halogens is 2. The number of hydrogen-bond acceptors (Lipinski definition) is 5. The van der Waals surface area contributed by atoms with Crippen LogP contribution >= 0.6 is 0 Å². The number of piperidine rings is 1. The molecule has 0 aromatic rings. The van der Waals surface area contributed by atoms with E-state index in [0.29, 0.717) is 12.3 Å². The van der Waals surface area contributed by atoms with E-state index in [0.717, 1.165) is 51.6 Å². The van der Waals surface area contributed by atoms with Gasteiger partial charge in [-0.25, -0.2) is 13.6 Å². The summed E-state index contributed by atoms with van der Waals surface area (Å²) in [6, 6.07) is -1.21. The van der Waals surface area contributed by atoms with E-state index in [4.69, 9.17) is 0 Å². The van der Waals surface area contributed by atoms with E-state index in [1.54, 1.807) is 0 Å². The summed E-state index contributed by atoms with van der Waals surface area (Å²) in [5, 5.41) is 13.2. The predicted molar refractivity (Wildman–Crippen MR) is 125 cm³/mol. The second-order valence-corrected chi connectivity index (χ2v) is 11.5. The van der Waals surface area contributed by atoms with Crippen LogP contribution in [0.4, 0.5) is 13.6 Å². The van der Waals surface area contributed by atoms with Crippen molar-refractivity contribution >= 4 is 11.9 Å². The van der Waals surface area contributed by atoms with E-state index in [1.165, 1.54) is 0 Å². The first-order valence-corrected chi connectivity index (χ1v) is 13.5. The summed E-state index contributed by atoms with van der Waals surface area (Å²) in [5.41, 5.74) is 0. The van der Waals surface area contributed by atoms with Gasteiger partial charge in [0.15, 0.2) is 0 Å². The first kappa shape index (κ1) is 24.4. The van der Waals surface area contributed by atoms with Gasteiger partial charge in [-0.05, 0) is 69.9 Å². The van der Waals surface area contributed by atoms with Crippen molar-refractivity contribution in [2.75, 3.05) is 13.1 Å². The van der Waals surface area contributed by atoms with Crippen LogP contribution in [0.3, 0.4) is 0 Å². The molecule has 0 radical (unpaired) electrons. The highest BCUT2D eigenvalue weighted by atomic mass is 19.1. The molecule has 192 valence electrons. The summed E-state index contributed by atoms with van der Waals surface area (Å²) < 4.78 is 31.0. The Bertz CT molecular complexity index is 770. The molecular weight excluding hydrogens is 440 g/mol. The zero-order valence-electron chi connectivity index (χ0n) is 20.4. The van der Waals surface area contributed by atoms with E-state index >= 15 is 8.78 Å². The van der Waals surface area contributed by atoms with Crippen molar-refractivity contribution in [3.8, 4) is 0 Å². The number of fused-ring (bicyclic) bond motifs is 5. The fraction of sp³-hybridized carbons (Fsp3) is 0.920. The number of nitrogens with zero attached hydrogens (tertiary/aromatic N) is 1. The van der Waals surface area contributed by atoms with E-state index in [9.17, 15) is 9.59 Å². The van der Waals surface area contributed by atoms with E-state index < -0.39 is 48.3 Å². The topological polar surface area (TPSA) is 85.5 Å². The van der Waals surface area contributed by atoms with Gasteiger partial charge in [0.05, 0.1) is 18.1 Å². The Balaban J connectivity index is 1.55. The number of imide groups is 1. The fourth-order valence-electron chi connectivity index (χ4n) is 7.63. The lowest BCUT2D eigenvalue weighted by molar-refractivity contribution is -0.136. The molecule has 4 N–H and O–H groups in total. The molecular formula is C25H41F2N5O2. The van der Waals surface area contributed by atoms with Crippen LogP contribution in [0.15, 0.2) is 0 Å². The normalized spacial score (nSPS) is 45.9. The van der Waals surface area contributed by atoms with Crippen LogP contribution < -0.4 is 21.3 Å². The Morgan fingerprint density at radius 3 is 2.38 bits per heavy atom. The Morgan fingerprint density at radius 2 is 1.62 bits per heavy atom. The molecule has 3 saturated heterocycles. The summed E-state index contributed by atoms with van der Waals surface area (Å²) in [7, 11) is 0. The second kappa shape index (κ2) is 9.97. The highest BCUT2D eigenvalue weighted by Gasteiger charge is 2.56. The van der Waals surface area contributed by atoms with Crippen LogP contribution in [0, 0.1) is 23.7 Å². The summed E-state index contributed by atoms with van der Waals surface area (Å²) in [6.45, 7) is 5.94. The van der Waals surface area contributed by atoms with Gasteiger partial charge in [0.25, 0.3) is 0 Å². The molecule has 2 saturated carbocycles. The van der Waals surface area contributed by atoms with E-state index in [2.05, 4.69) is 35.1 Å². The quantitative estimate of drug-likeness (QED) is 0.462. The van der Waals surface area contributed by atoms with Gasteiger partial charge in [-0.3, -0.25) is 15.4 Å². The third kappa shape index (κ3) is 4.37. The molecule has 5 fully saturated rings. The molecule has 3 amide bonds. The Morgan fingerprint density at radius 1 is 0.912 bits per heavy atom. The molecule has 2 bridgehead atoms. The number of hydrogen-bond donors (Lipinski definition) is 4. The number of carbonyl (C=O) groups excluding carboxylic acids is 2. The summed E-state index contributed by atoms with van der Waals surface area (Å²) in [5.74, 6) is -0.961. The molecule has 0 aromatic carbocycles. The second-order valence-electron chi connectivity index (χ2n) is 11.5. The van der Waals surface area contributed by atoms with Crippen molar-refractivity contribution in [3.63, 3.8) is 0 Å². The maximum atomic E-state index is 15.7. The number of amides is 3. The van der Waals surface area contributed by atoms with Crippen molar-refractivity contribution in [2.24, 2.45) is 23.7 Å². The van der Waals surface area contributed by atoms with Crippen molar-refractivity contribution < 1.29 is 18.4 Å². The minimum atomic E-state index is -1.33. The molecule has 7 nitrogen and oxygen atoms in total. The van der Waals surface area contributed by atoms with Crippen LogP contribution in [0.25, 0.3) is 0 Å². The van der Waals surface area contributed by atoms with Gasteiger partial charge in [-0.15, -0.1) is 0 Å². The third-order valence-corrected chi connectivity index (χ3v) is 9.25. The highest BCUT2D eigenvalue weighted by molar-refractivity contribution is 5.98. The minimum Gasteiger partial charge on any atom is -0.313 e. The van der Waals surface area contributed by atoms with Crippen molar-refractivity contribution in [1.82, 2.24) is 26.2 Å². The van der Waals surface area contributed by atoms with Gasteiger partial charge < -0.3 is 15.5 Å². The molecule has 3 heterocycles. The predicted octanol–water partition coefficient (Wildman–Crippen LogP) is 2.46. The molecule has 10 atom stereocenters. The summed E-state index contributed by atoms with van der Waals surface area (Å²) in [6.07, 6.45) is 2.98. The molecule has 0 aromatic heterocycles. The van der Waals surface area contributed by atoms with Gasteiger partial charge in [0.1, 0.15) is 12.3 Å². The summed E-state index contributed by atoms with van der Waals surface area (Å²) >= 11 is 0. The average molecular weight is 482 g/mol. The van der Waals surface area contributed by atoms with Gasteiger partial charge in [-0.2, -0.15) is 0 Å². The highest BCUT2D eigenvalue weighted by Crippen LogP contribution is 2.41. The number of rotatable bonds is 1. The van der Waals surface area contributed by atoms with Crippen LogP contribution in [0.1, 0.15) is 65.2 Å². The molecule has 5 aliphatic rings. The standard InChI is InChI=1S/C25H41F2N5O2/c1-13(2)14-6-3-9-19-22(14)32-23-15(24(33)31-25(32)34)12-17(27)21(30-23)20-16(26)7-4-8-18(20)28-10-5-11-29-19/h13-23,28-30H,3-12H2,1-2H3,(H,31,33,34). The lowest BCUT2D eigenvalue weighted by Gasteiger charge is -2.55. The zero-order valence-corrected chi connectivity index (χ0v) is 20.4. The largest absolute Gasteiger partial charge is 0.325 e. The molecule has 9 heteroatoms. The average Bonchev–Trinajstić information content (AvgIpc) is 2.80. The van der Waals surface area contributed by atoms with Gasteiger partial charge in [0, 0.05) is 24.0 Å². The number of nitrogens with one attached hydrogen (secondary N) is 4. The smallest absolute Gasteiger partial charge is 0.313 e. The Hall–Kier alpha value is -1.32. The number of alkyl halides is 2. The molecule has 34 heavy (non-hydrogen) atoms. The zero-order chi connectivity index (χ0) is 24.0. The Kier molecular flexibility index (Phi) is 7.15. The molecule has 0 spiro atoms. The van der Waals surface area contributed by atoms with Crippen LogP contribution in [-0.2, 0) is 4.79 Å². The van der Waals surface area contributed by atoms with E-state index in [-0.39, 0.29) is 30.5 Å². The van der Waals surface area contributed by atoms with Gasteiger partial charge >= 0.3 is 6.03 Å². The number of carbonyl (C=O) groups is 2. The molecule has 10 unspecified atom stereocenters. The maximum absolute atomic E-state index is 15.7. The van der Waals surface area contributed by atoms with Crippen molar-refractivity contribution in [3.05, 3.63) is 0 Å². The summed E-state index contributed by atoms with van der Waals surface area (Å²) in [4.78, 5) is 28.1. The van der Waals surface area contributed by atoms with Gasteiger partial charge in [0.2, 0.25) is 5.91 Å². The lowest BCUT2D eigenvalue weighted by atomic mass is 9.71. The van der Waals surface area contributed by atoms with E-state index in [1.807, 2.05) is 4.90 Å². The fourth-order valence-corrected chi connectivity index (χ4v) is 7.63. The first-order chi connectivity index (χ1) is 16.4. The maximum Gasteiger partial charge on any atom is 0.325 e. The first-order valence-electron chi connectivity index (χ1n) is 13.5. The molecule has 2 aliphatic carbocycles. The van der Waals surface area contributed by atoms with Crippen molar-refractivity contribution in [1.29, 1.82) is 0 Å². The lowest BCUT2D eigenvalue weighted by Crippen LogP contribution is -2.76. The van der Waals surface area contributed by atoms with Crippen molar-refractivity contribution in [2.45, 2.75) is 108 Å². The van der Waals surface area contributed by atoms with Crippen LogP contribution in [0.5, 0.6) is 0 Å². The minimum absolute atomic E-state index is 0.0189. The SMILES string of the molecule is CC(C)C1CCCC2NCCCNC3CCCC(F)C3C3NC4C(CC3F)C(=O)NC(=O)N4C21. The monoisotopic (exact) mass is 481 g/mol. The van der Waals surface area contributed by atoms with Crippen LogP contribution in [-0.4, -0.2) is 72.6 Å². The van der Waals surface area contributed by atoms with Gasteiger partial charge in [-0.1, -0.05) is 20.3 Å².